The molecule has 16 heteroatoms. The predicted molar refractivity (Wildman–Crippen MR) is 164 cm³/mol. The highest BCUT2D eigenvalue weighted by Crippen LogP contribution is 2.18. The fourth-order valence-electron chi connectivity index (χ4n) is 4.11. The lowest BCUT2D eigenvalue weighted by molar-refractivity contribution is -0.153. The van der Waals surface area contributed by atoms with Gasteiger partial charge in [0.05, 0.1) is 17.5 Å². The first-order valence-electron chi connectivity index (χ1n) is 13.7. The highest BCUT2D eigenvalue weighted by Gasteiger charge is 2.31. The van der Waals surface area contributed by atoms with E-state index in [0.717, 1.165) is 11.9 Å². The maximum Gasteiger partial charge on any atom is 0.410 e. The van der Waals surface area contributed by atoms with Gasteiger partial charge < -0.3 is 40.7 Å². The second kappa shape index (κ2) is 16.0. The Bertz CT molecular complexity index is 1660. The smallest absolute Gasteiger partial charge is 0.410 e. The molecule has 0 heterocycles. The minimum atomic E-state index is -1.70. The van der Waals surface area contributed by atoms with E-state index in [9.17, 15) is 39.0 Å². The van der Waals surface area contributed by atoms with Gasteiger partial charge in [-0.2, -0.15) is 0 Å². The van der Waals surface area contributed by atoms with E-state index in [1.165, 1.54) is 60.7 Å². The van der Waals surface area contributed by atoms with Crippen LogP contribution in [0.5, 0.6) is 5.75 Å². The van der Waals surface area contributed by atoms with Crippen LogP contribution in [-0.2, 0) is 32.3 Å². The number of anilines is 1. The van der Waals surface area contributed by atoms with Gasteiger partial charge in [0.2, 0.25) is 5.91 Å². The topological polar surface area (TPSA) is 250 Å². The Morgan fingerprint density at radius 3 is 2.13 bits per heavy atom. The van der Waals surface area contributed by atoms with Gasteiger partial charge in [-0.25, -0.2) is 19.2 Å². The Morgan fingerprint density at radius 2 is 1.55 bits per heavy atom. The molecule has 47 heavy (non-hydrogen) atoms. The van der Waals surface area contributed by atoms with Crippen molar-refractivity contribution in [3.05, 3.63) is 95.1 Å². The summed E-state index contributed by atoms with van der Waals surface area (Å²) in [4.78, 5) is 74.4. The van der Waals surface area contributed by atoms with Crippen LogP contribution >= 0.6 is 0 Å². The maximum absolute atomic E-state index is 13.1. The molecule has 3 aromatic carbocycles. The van der Waals surface area contributed by atoms with Gasteiger partial charge in [0, 0.05) is 19.3 Å². The second-order valence-electron chi connectivity index (χ2n) is 10.0. The molecule has 0 aliphatic rings. The van der Waals surface area contributed by atoms with Gasteiger partial charge in [-0.05, 0) is 59.7 Å². The number of hydrogen-bond acceptors (Lipinski definition) is 9. The lowest BCUT2D eigenvalue weighted by Gasteiger charge is -2.28. The van der Waals surface area contributed by atoms with Crippen molar-refractivity contribution in [1.82, 2.24) is 9.80 Å². The summed E-state index contributed by atoms with van der Waals surface area (Å²) in [6.07, 6.45) is -1.88. The Balaban J connectivity index is 1.69. The van der Waals surface area contributed by atoms with E-state index >= 15 is 0 Å². The number of nitrogens with one attached hydrogen (secondary N) is 2. The fourth-order valence-corrected chi connectivity index (χ4v) is 4.11. The third-order valence-electron chi connectivity index (χ3n) is 6.54. The number of guanidine groups is 1. The van der Waals surface area contributed by atoms with Crippen molar-refractivity contribution in [2.24, 2.45) is 5.73 Å². The number of rotatable bonds is 14. The summed E-state index contributed by atoms with van der Waals surface area (Å²) in [6, 6.07) is 15.9. The van der Waals surface area contributed by atoms with Crippen LogP contribution in [0.3, 0.4) is 0 Å². The number of aromatic carboxylic acids is 1. The van der Waals surface area contributed by atoms with E-state index in [-0.39, 0.29) is 36.0 Å². The lowest BCUT2D eigenvalue weighted by atomic mass is 10.1. The summed E-state index contributed by atoms with van der Waals surface area (Å²) in [5.41, 5.74) is 6.76. The van der Waals surface area contributed by atoms with Crippen LogP contribution in [-0.4, -0.2) is 86.6 Å². The zero-order valence-electron chi connectivity index (χ0n) is 24.9. The molecule has 0 unspecified atom stereocenters. The molecule has 0 aliphatic heterocycles. The Morgan fingerprint density at radius 1 is 0.894 bits per heavy atom. The molecule has 0 spiro atoms. The number of benzene rings is 3. The third kappa shape index (κ3) is 10.6. The van der Waals surface area contributed by atoms with Gasteiger partial charge in [0.15, 0.2) is 5.96 Å². The molecular weight excluding hydrogens is 618 g/mol. The average Bonchev–Trinajstić information content (AvgIpc) is 3.02. The Hall–Kier alpha value is -6.45. The molecule has 3 rings (SSSR count). The molecule has 0 saturated heterocycles. The molecule has 7 N–H and O–H groups in total. The van der Waals surface area contributed by atoms with Crippen molar-refractivity contribution in [2.45, 2.75) is 25.6 Å². The van der Waals surface area contributed by atoms with Crippen LogP contribution < -0.4 is 15.8 Å². The molecule has 16 nitrogen and oxygen atoms in total. The summed E-state index contributed by atoms with van der Waals surface area (Å²) in [7, 11) is 1.09. The maximum atomic E-state index is 13.1. The first-order chi connectivity index (χ1) is 22.2. The number of nitrogens with zero attached hydrogens (tertiary/aromatic N) is 2. The number of aliphatic carboxylic acids is 2. The Labute approximate surface area is 267 Å². The van der Waals surface area contributed by atoms with Crippen molar-refractivity contribution in [3.63, 3.8) is 0 Å². The van der Waals surface area contributed by atoms with Gasteiger partial charge in [-0.15, -0.1) is 0 Å². The molecule has 246 valence electrons. The molecule has 0 saturated carbocycles. The lowest BCUT2D eigenvalue weighted by Crippen LogP contribution is -2.48. The number of carboxylic acids is 3. The standard InChI is InChI=1S/C31H31N5O11/c1-35(24(28(42)43)14-26(38)39)25(37)16-36(15-19-3-2-4-21(13-19)27(40)41)31(45)46-17-18-5-11-23(12-6-18)47-29(44)20-7-9-22(10-8-20)34-30(32)33/h2-13,24H,14-17H2,1H3,(H,38,39)(H,40,41)(H,42,43)(H4,32,33,34)/t24-/m0/s1. The van der Waals surface area contributed by atoms with E-state index in [2.05, 4.69) is 5.32 Å². The number of carboxylic acid groups (broad SMARTS) is 3. The van der Waals surface area contributed by atoms with Gasteiger partial charge >= 0.3 is 30.0 Å². The summed E-state index contributed by atoms with van der Waals surface area (Å²) >= 11 is 0. The van der Waals surface area contributed by atoms with Crippen molar-refractivity contribution >= 4 is 47.5 Å². The SMILES string of the molecule is CN(C(=O)CN(Cc1cccc(C(=O)O)c1)C(=O)OCc1ccc(OC(=O)c2ccc(NC(=N)N)cc2)cc1)[C@@H](CC(=O)O)C(=O)O. The monoisotopic (exact) mass is 649 g/mol. The van der Waals surface area contributed by atoms with Crippen LogP contribution in [0, 0.1) is 5.41 Å². The second-order valence-corrected chi connectivity index (χ2v) is 10.0. The summed E-state index contributed by atoms with van der Waals surface area (Å²) < 4.78 is 10.7. The zero-order valence-corrected chi connectivity index (χ0v) is 24.9. The number of hydrogen-bond donors (Lipinski definition) is 6. The summed E-state index contributed by atoms with van der Waals surface area (Å²) in [5.74, 6) is -5.84. The molecule has 2 amide bonds. The average molecular weight is 650 g/mol. The number of likely N-dealkylation sites (N-methyl/N-ethyl adjacent to an activating group) is 1. The molecule has 0 aromatic heterocycles. The summed E-state index contributed by atoms with van der Waals surface area (Å²) in [6.45, 7) is -1.29. The van der Waals surface area contributed by atoms with E-state index < -0.39 is 54.9 Å². The van der Waals surface area contributed by atoms with Crippen molar-refractivity contribution in [3.8, 4) is 5.75 Å². The number of esters is 1. The van der Waals surface area contributed by atoms with E-state index in [1.807, 2.05) is 0 Å². The molecule has 0 bridgehead atoms. The van der Waals surface area contributed by atoms with Crippen molar-refractivity contribution < 1.29 is 53.6 Å². The Kier molecular flexibility index (Phi) is 11.9. The minimum Gasteiger partial charge on any atom is -0.481 e. The van der Waals surface area contributed by atoms with E-state index in [4.69, 9.17) is 25.7 Å². The first-order valence-corrected chi connectivity index (χ1v) is 13.7. The van der Waals surface area contributed by atoms with Gasteiger partial charge in [0.1, 0.15) is 24.9 Å². The number of amides is 2. The largest absolute Gasteiger partial charge is 0.481 e. The number of ether oxygens (including phenoxy) is 2. The number of carbonyl (C=O) groups excluding carboxylic acids is 3. The number of carbonyl (C=O) groups is 6. The molecule has 3 aromatic rings. The molecule has 1 atom stereocenters. The van der Waals surface area contributed by atoms with Gasteiger partial charge in [-0.3, -0.25) is 19.9 Å². The fraction of sp³-hybridized carbons (Fsp3) is 0.194. The normalized spacial score (nSPS) is 11.0. The number of nitrogens with two attached hydrogens (primary N) is 1. The molecule has 0 fully saturated rings. The molecular formula is C31H31N5O11. The highest BCUT2D eigenvalue weighted by atomic mass is 16.6. The van der Waals surface area contributed by atoms with Crippen LogP contribution in [0.4, 0.5) is 10.5 Å². The van der Waals surface area contributed by atoms with E-state index in [0.29, 0.717) is 21.7 Å². The third-order valence-corrected chi connectivity index (χ3v) is 6.54. The van der Waals surface area contributed by atoms with Crippen LogP contribution in [0.25, 0.3) is 0 Å². The van der Waals surface area contributed by atoms with Crippen molar-refractivity contribution in [2.75, 3.05) is 18.9 Å². The minimum absolute atomic E-state index is 0.0746. The van der Waals surface area contributed by atoms with Crippen LogP contribution in [0.2, 0.25) is 0 Å². The van der Waals surface area contributed by atoms with Gasteiger partial charge in [0.25, 0.3) is 0 Å². The molecule has 0 radical (unpaired) electrons. The predicted octanol–water partition coefficient (Wildman–Crippen LogP) is 2.43. The quantitative estimate of drug-likeness (QED) is 0.0636. The highest BCUT2D eigenvalue weighted by molar-refractivity contribution is 5.93. The zero-order chi connectivity index (χ0) is 34.7. The first kappa shape index (κ1) is 35.0. The van der Waals surface area contributed by atoms with Crippen LogP contribution in [0.15, 0.2) is 72.8 Å². The van der Waals surface area contributed by atoms with Crippen molar-refractivity contribution in [1.29, 1.82) is 5.41 Å². The van der Waals surface area contributed by atoms with Gasteiger partial charge in [-0.1, -0.05) is 24.3 Å². The molecule has 0 aliphatic carbocycles. The van der Waals surface area contributed by atoms with Crippen LogP contribution in [0.1, 0.15) is 38.3 Å². The summed E-state index contributed by atoms with van der Waals surface area (Å²) in [5, 5.41) is 37.6. The van der Waals surface area contributed by atoms with E-state index in [1.54, 1.807) is 12.1 Å².